The summed E-state index contributed by atoms with van der Waals surface area (Å²) in [7, 11) is 0. The van der Waals surface area contributed by atoms with Gasteiger partial charge in [-0.15, -0.1) is 0 Å². The van der Waals surface area contributed by atoms with Crippen LogP contribution in [0.3, 0.4) is 0 Å². The second-order valence-electron chi connectivity index (χ2n) is 4.84. The summed E-state index contributed by atoms with van der Waals surface area (Å²) in [5.74, 6) is 0.549. The summed E-state index contributed by atoms with van der Waals surface area (Å²) in [5, 5.41) is 10.6. The molecule has 0 aliphatic rings. The first kappa shape index (κ1) is 17.8. The number of phenols is 1. The van der Waals surface area contributed by atoms with E-state index in [2.05, 4.69) is 38.4 Å². The highest BCUT2D eigenvalue weighted by molar-refractivity contribution is 9.11. The van der Waals surface area contributed by atoms with Crippen LogP contribution in [0, 0.1) is 0 Å². The van der Waals surface area contributed by atoms with Crippen LogP contribution in [0.25, 0.3) is 12.2 Å². The number of carbonyl (C=O) groups excluding carboxylic acids is 1. The molecule has 0 bridgehead atoms. The quantitative estimate of drug-likeness (QED) is 0.730. The summed E-state index contributed by atoms with van der Waals surface area (Å²) < 4.78 is 6.71. The standard InChI is InChI=1S/C18H16Br2O3/c1-4-7-15-11(5-2)16(14(6-3)23-15)17(21)10-8-12(19)18(22)13(20)9-10/h4-5,7-9,22H,1,6H2,2-3H3/b11-5+,15-7+. The van der Waals surface area contributed by atoms with Gasteiger partial charge in [-0.25, -0.2) is 0 Å². The smallest absolute Gasteiger partial charge is 0.197 e. The largest absolute Gasteiger partial charge is 0.506 e. The zero-order valence-electron chi connectivity index (χ0n) is 12.8. The van der Waals surface area contributed by atoms with Crippen LogP contribution in [0.4, 0.5) is 0 Å². The van der Waals surface area contributed by atoms with Crippen LogP contribution in [-0.4, -0.2) is 10.9 Å². The molecule has 0 fully saturated rings. The molecule has 0 aliphatic carbocycles. The van der Waals surface area contributed by atoms with Gasteiger partial charge in [0.15, 0.2) is 5.78 Å². The zero-order chi connectivity index (χ0) is 17.1. The Kier molecular flexibility index (Phi) is 5.65. The predicted octanol–water partition coefficient (Wildman–Crippen LogP) is 4.07. The van der Waals surface area contributed by atoms with Crippen LogP contribution in [0.15, 0.2) is 38.2 Å². The van der Waals surface area contributed by atoms with Gasteiger partial charge < -0.3 is 9.52 Å². The third-order valence-corrected chi connectivity index (χ3v) is 4.64. The molecule has 0 atom stereocenters. The third-order valence-electron chi connectivity index (χ3n) is 3.43. The van der Waals surface area contributed by atoms with E-state index in [-0.39, 0.29) is 11.5 Å². The van der Waals surface area contributed by atoms with Crippen LogP contribution in [0.2, 0.25) is 0 Å². The molecular weight excluding hydrogens is 424 g/mol. The second kappa shape index (κ2) is 7.32. The molecular formula is C18H16Br2O3. The minimum Gasteiger partial charge on any atom is -0.506 e. The Balaban J connectivity index is 2.74. The van der Waals surface area contributed by atoms with Crippen LogP contribution >= 0.6 is 31.9 Å². The van der Waals surface area contributed by atoms with Crippen LogP contribution in [-0.2, 0) is 6.42 Å². The number of benzene rings is 1. The number of rotatable bonds is 4. The van der Waals surface area contributed by atoms with Gasteiger partial charge in [0.25, 0.3) is 0 Å². The summed E-state index contributed by atoms with van der Waals surface area (Å²) in [4.78, 5) is 13.0. The van der Waals surface area contributed by atoms with Gasteiger partial charge in [-0.1, -0.05) is 25.7 Å². The summed E-state index contributed by atoms with van der Waals surface area (Å²) in [6.07, 6.45) is 5.84. The van der Waals surface area contributed by atoms with E-state index >= 15 is 0 Å². The van der Waals surface area contributed by atoms with Gasteiger partial charge in [-0.3, -0.25) is 4.79 Å². The molecule has 2 rings (SSSR count). The highest BCUT2D eigenvalue weighted by Crippen LogP contribution is 2.34. The molecule has 0 spiro atoms. The molecule has 1 aromatic heterocycles. The number of hydrogen-bond acceptors (Lipinski definition) is 3. The minimum absolute atomic E-state index is 0.0624. The molecule has 0 saturated carbocycles. The SMILES string of the molecule is C=C/C=c1/oc(CC)c(C(=O)c2cc(Br)c(O)c(Br)c2)/c1=C/C. The molecule has 0 saturated heterocycles. The first-order valence-electron chi connectivity index (χ1n) is 7.08. The van der Waals surface area contributed by atoms with Crippen LogP contribution < -0.4 is 10.6 Å². The molecule has 120 valence electrons. The van der Waals surface area contributed by atoms with Gasteiger partial charge in [-0.05, 0) is 57.0 Å². The number of aromatic hydroxyl groups is 1. The van der Waals surface area contributed by atoms with Crippen molar-refractivity contribution in [2.75, 3.05) is 0 Å². The van der Waals surface area contributed by atoms with E-state index in [1.165, 1.54) is 0 Å². The van der Waals surface area contributed by atoms with Gasteiger partial charge in [0, 0.05) is 17.2 Å². The summed E-state index contributed by atoms with van der Waals surface area (Å²) in [5.41, 5.74) is 1.64. The fraction of sp³-hybridized carbons (Fsp3) is 0.167. The number of furan rings is 1. The monoisotopic (exact) mass is 438 g/mol. The van der Waals surface area contributed by atoms with E-state index in [1.54, 1.807) is 24.3 Å². The average molecular weight is 440 g/mol. The van der Waals surface area contributed by atoms with Gasteiger partial charge >= 0.3 is 0 Å². The molecule has 23 heavy (non-hydrogen) atoms. The average Bonchev–Trinajstić information content (AvgIpc) is 2.89. The summed E-state index contributed by atoms with van der Waals surface area (Å²) >= 11 is 6.51. The van der Waals surface area contributed by atoms with Gasteiger partial charge in [-0.2, -0.15) is 0 Å². The van der Waals surface area contributed by atoms with Gasteiger partial charge in [0.05, 0.1) is 14.5 Å². The lowest BCUT2D eigenvalue weighted by atomic mass is 10.0. The lowest BCUT2D eigenvalue weighted by Crippen LogP contribution is -2.25. The number of phenolic OH excluding ortho intramolecular Hbond substituents is 1. The molecule has 1 heterocycles. The van der Waals surface area contributed by atoms with Crippen molar-refractivity contribution in [3.05, 3.63) is 61.3 Å². The molecule has 2 aromatic rings. The first-order valence-corrected chi connectivity index (χ1v) is 8.66. The van der Waals surface area contributed by atoms with Crippen LogP contribution in [0.5, 0.6) is 5.75 Å². The van der Waals surface area contributed by atoms with Gasteiger partial charge in [0.2, 0.25) is 0 Å². The number of ketones is 1. The van der Waals surface area contributed by atoms with Gasteiger partial charge in [0.1, 0.15) is 16.9 Å². The maximum atomic E-state index is 13.0. The topological polar surface area (TPSA) is 50.4 Å². The molecule has 0 aliphatic heterocycles. The second-order valence-corrected chi connectivity index (χ2v) is 6.55. The Hall–Kier alpha value is -1.59. The van der Waals surface area contributed by atoms with E-state index in [4.69, 9.17) is 4.42 Å². The van der Waals surface area contributed by atoms with Crippen molar-refractivity contribution in [1.29, 1.82) is 0 Å². The Labute approximate surface area is 151 Å². The zero-order valence-corrected chi connectivity index (χ0v) is 16.0. The van der Waals surface area contributed by atoms with Crippen molar-refractivity contribution in [2.24, 2.45) is 0 Å². The lowest BCUT2D eigenvalue weighted by molar-refractivity contribution is 0.103. The number of allylic oxidation sites excluding steroid dienone is 1. The Morgan fingerprint density at radius 1 is 1.35 bits per heavy atom. The Morgan fingerprint density at radius 3 is 2.43 bits per heavy atom. The Morgan fingerprint density at radius 2 is 1.96 bits per heavy atom. The van der Waals surface area contributed by atoms with E-state index in [9.17, 15) is 9.90 Å². The van der Waals surface area contributed by atoms with Crippen molar-refractivity contribution in [3.8, 4) is 5.75 Å². The third kappa shape index (κ3) is 3.35. The van der Waals surface area contributed by atoms with E-state index in [0.717, 1.165) is 5.22 Å². The number of hydrogen-bond donors (Lipinski definition) is 1. The molecule has 0 amide bonds. The molecule has 0 unspecified atom stereocenters. The summed E-state index contributed by atoms with van der Waals surface area (Å²) in [6.45, 7) is 7.48. The first-order chi connectivity index (χ1) is 10.9. The summed E-state index contributed by atoms with van der Waals surface area (Å²) in [6, 6.07) is 3.20. The highest BCUT2D eigenvalue weighted by atomic mass is 79.9. The van der Waals surface area contributed by atoms with Crippen LogP contribution in [0.1, 0.15) is 35.5 Å². The van der Waals surface area contributed by atoms with Crippen molar-refractivity contribution in [3.63, 3.8) is 0 Å². The molecule has 5 heteroatoms. The van der Waals surface area contributed by atoms with Crippen molar-refractivity contribution in [1.82, 2.24) is 0 Å². The highest BCUT2D eigenvalue weighted by Gasteiger charge is 2.21. The van der Waals surface area contributed by atoms with E-state index in [0.29, 0.717) is 37.7 Å². The number of aryl methyl sites for hydroxylation is 1. The van der Waals surface area contributed by atoms with Crippen molar-refractivity contribution in [2.45, 2.75) is 20.3 Å². The molecule has 1 aromatic carbocycles. The van der Waals surface area contributed by atoms with E-state index in [1.807, 2.05) is 19.9 Å². The Bertz CT molecular complexity index is 869. The molecule has 1 N–H and O–H groups in total. The normalized spacial score (nSPS) is 12.7. The minimum atomic E-state index is -0.149. The van der Waals surface area contributed by atoms with E-state index < -0.39 is 0 Å². The maximum absolute atomic E-state index is 13.0. The lowest BCUT2D eigenvalue weighted by Gasteiger charge is -2.05. The fourth-order valence-corrected chi connectivity index (χ4v) is 3.55. The molecule has 0 radical (unpaired) electrons. The molecule has 3 nitrogen and oxygen atoms in total. The van der Waals surface area contributed by atoms with Crippen molar-refractivity contribution < 1.29 is 14.3 Å². The number of carbonyl (C=O) groups is 1. The van der Waals surface area contributed by atoms with Crippen molar-refractivity contribution >= 4 is 49.8 Å². The maximum Gasteiger partial charge on any atom is 0.197 e. The number of halogens is 2. The predicted molar refractivity (Wildman–Crippen MR) is 99.1 cm³/mol. The fourth-order valence-electron chi connectivity index (χ4n) is 2.37.